The number of hydrogen-bond acceptors (Lipinski definition) is 3. The zero-order valence-electron chi connectivity index (χ0n) is 8.75. The van der Waals surface area contributed by atoms with Crippen molar-refractivity contribution in [3.05, 3.63) is 17.7 Å². The predicted molar refractivity (Wildman–Crippen MR) is 56.3 cm³/mol. The van der Waals surface area contributed by atoms with Crippen molar-refractivity contribution < 1.29 is 0 Å². The zero-order chi connectivity index (χ0) is 9.97. The van der Waals surface area contributed by atoms with Crippen LogP contribution in [0.15, 0.2) is 11.2 Å². The minimum Gasteiger partial charge on any atom is -0.368 e. The van der Waals surface area contributed by atoms with Gasteiger partial charge in [-0.1, -0.05) is 0 Å². The minimum absolute atomic E-state index is 0.830. The van der Waals surface area contributed by atoms with Gasteiger partial charge in [0, 0.05) is 20.0 Å². The summed E-state index contributed by atoms with van der Waals surface area (Å²) in [4.78, 5) is 8.61. The molecular weight excluding hydrogens is 176 g/mol. The van der Waals surface area contributed by atoms with Crippen molar-refractivity contribution in [2.24, 2.45) is 12.0 Å². The van der Waals surface area contributed by atoms with Gasteiger partial charge in [-0.3, -0.25) is 4.99 Å². The van der Waals surface area contributed by atoms with Gasteiger partial charge >= 0.3 is 0 Å². The lowest BCUT2D eigenvalue weighted by molar-refractivity contribution is 0.753. The van der Waals surface area contributed by atoms with Crippen LogP contribution in [0, 0.1) is 6.92 Å². The number of hydrogen-bond donors (Lipinski definition) is 1. The van der Waals surface area contributed by atoms with Crippen molar-refractivity contribution in [3.8, 4) is 0 Å². The highest BCUT2D eigenvalue weighted by Crippen LogP contribution is 2.04. The number of aryl methyl sites for hydroxylation is 1. The molecule has 0 unspecified atom stereocenters. The Balaban J connectivity index is 1.94. The first-order valence-electron chi connectivity index (χ1n) is 5.02. The molecule has 76 valence electrons. The summed E-state index contributed by atoms with van der Waals surface area (Å²) in [7, 11) is 2.04. The molecule has 1 N–H and O–H groups in total. The predicted octanol–water partition coefficient (Wildman–Crippen LogP) is 1.01. The summed E-state index contributed by atoms with van der Waals surface area (Å²) in [6, 6.07) is 0. The number of imidazole rings is 1. The third kappa shape index (κ3) is 1.78. The van der Waals surface area contributed by atoms with Crippen LogP contribution in [-0.2, 0) is 13.6 Å². The van der Waals surface area contributed by atoms with Crippen LogP contribution in [0.4, 0.5) is 0 Å². The molecule has 0 aliphatic carbocycles. The first kappa shape index (κ1) is 9.24. The topological polar surface area (TPSA) is 42.2 Å². The van der Waals surface area contributed by atoms with E-state index < -0.39 is 0 Å². The molecule has 0 radical (unpaired) electrons. The van der Waals surface area contributed by atoms with E-state index in [1.165, 1.54) is 12.1 Å². The lowest BCUT2D eigenvalue weighted by atomic mass is 10.3. The number of amidine groups is 1. The molecule has 0 saturated carbocycles. The van der Waals surface area contributed by atoms with E-state index in [0.717, 1.165) is 31.2 Å². The Labute approximate surface area is 84.1 Å². The highest BCUT2D eigenvalue weighted by atomic mass is 15.1. The summed E-state index contributed by atoms with van der Waals surface area (Å²) in [5, 5.41) is 3.34. The Morgan fingerprint density at radius 2 is 2.43 bits per heavy atom. The molecule has 0 bridgehead atoms. The maximum absolute atomic E-state index is 4.36. The van der Waals surface area contributed by atoms with E-state index in [9.17, 15) is 0 Å². The summed E-state index contributed by atoms with van der Waals surface area (Å²) in [5.74, 6) is 2.19. The third-order valence-electron chi connectivity index (χ3n) is 2.66. The van der Waals surface area contributed by atoms with Crippen molar-refractivity contribution >= 4 is 5.84 Å². The van der Waals surface area contributed by atoms with Crippen LogP contribution in [0.3, 0.4) is 0 Å². The Morgan fingerprint density at radius 1 is 1.57 bits per heavy atom. The van der Waals surface area contributed by atoms with E-state index in [2.05, 4.69) is 19.9 Å². The van der Waals surface area contributed by atoms with Crippen molar-refractivity contribution in [1.29, 1.82) is 0 Å². The van der Waals surface area contributed by atoms with Crippen LogP contribution < -0.4 is 5.32 Å². The van der Waals surface area contributed by atoms with Gasteiger partial charge < -0.3 is 9.88 Å². The van der Waals surface area contributed by atoms with Gasteiger partial charge in [0.15, 0.2) is 0 Å². The monoisotopic (exact) mass is 192 g/mol. The summed E-state index contributed by atoms with van der Waals surface area (Å²) >= 11 is 0. The first-order valence-corrected chi connectivity index (χ1v) is 5.02. The SMILES string of the molecule is Cc1ncc(CNC2=NCCC2)n1C. The quantitative estimate of drug-likeness (QED) is 0.760. The average Bonchev–Trinajstić information content (AvgIpc) is 2.77. The van der Waals surface area contributed by atoms with Crippen LogP contribution >= 0.6 is 0 Å². The number of nitrogens with zero attached hydrogens (tertiary/aromatic N) is 3. The fraction of sp³-hybridized carbons (Fsp3) is 0.600. The summed E-state index contributed by atoms with van der Waals surface area (Å²) in [6.07, 6.45) is 4.20. The van der Waals surface area contributed by atoms with Gasteiger partial charge in [0.25, 0.3) is 0 Å². The molecule has 1 aliphatic rings. The van der Waals surface area contributed by atoms with Crippen LogP contribution in [0.2, 0.25) is 0 Å². The lowest BCUT2D eigenvalue weighted by Gasteiger charge is -2.06. The standard InChI is InChI=1S/C10H16N4/c1-8-12-6-9(14(8)2)7-13-10-4-3-5-11-10/h6H,3-5,7H2,1-2H3,(H,11,13). The second kappa shape index (κ2) is 3.82. The normalized spacial score (nSPS) is 15.7. The highest BCUT2D eigenvalue weighted by Gasteiger charge is 2.07. The van der Waals surface area contributed by atoms with Crippen molar-refractivity contribution in [2.45, 2.75) is 26.3 Å². The van der Waals surface area contributed by atoms with E-state index >= 15 is 0 Å². The first-order chi connectivity index (χ1) is 6.77. The second-order valence-corrected chi connectivity index (χ2v) is 3.64. The molecule has 1 aromatic heterocycles. The van der Waals surface area contributed by atoms with Gasteiger partial charge in [-0.25, -0.2) is 4.98 Å². The van der Waals surface area contributed by atoms with Gasteiger partial charge in [-0.2, -0.15) is 0 Å². The van der Waals surface area contributed by atoms with Gasteiger partial charge in [0.2, 0.25) is 0 Å². The van der Waals surface area contributed by atoms with E-state index in [0.29, 0.717) is 0 Å². The van der Waals surface area contributed by atoms with E-state index in [4.69, 9.17) is 0 Å². The van der Waals surface area contributed by atoms with Gasteiger partial charge in [0.05, 0.1) is 24.3 Å². The molecule has 1 aliphatic heterocycles. The molecular formula is C10H16N4. The van der Waals surface area contributed by atoms with Crippen molar-refractivity contribution in [2.75, 3.05) is 6.54 Å². The largest absolute Gasteiger partial charge is 0.368 e. The number of aliphatic imine (C=N–C) groups is 1. The second-order valence-electron chi connectivity index (χ2n) is 3.64. The fourth-order valence-corrected chi connectivity index (χ4v) is 1.59. The number of rotatable bonds is 2. The molecule has 0 fully saturated rings. The molecule has 0 atom stereocenters. The van der Waals surface area contributed by atoms with Crippen LogP contribution in [0.1, 0.15) is 24.4 Å². The Hall–Kier alpha value is -1.32. The smallest absolute Gasteiger partial charge is 0.105 e. The molecule has 14 heavy (non-hydrogen) atoms. The minimum atomic E-state index is 0.830. The van der Waals surface area contributed by atoms with Gasteiger partial charge in [-0.15, -0.1) is 0 Å². The van der Waals surface area contributed by atoms with Crippen molar-refractivity contribution in [3.63, 3.8) is 0 Å². The Kier molecular flexibility index (Phi) is 2.52. The van der Waals surface area contributed by atoms with Crippen LogP contribution in [0.25, 0.3) is 0 Å². The van der Waals surface area contributed by atoms with Gasteiger partial charge in [-0.05, 0) is 13.3 Å². The Morgan fingerprint density at radius 3 is 3.00 bits per heavy atom. The molecule has 2 rings (SSSR count). The molecule has 4 nitrogen and oxygen atoms in total. The summed E-state index contributed by atoms with van der Waals surface area (Å²) in [6.45, 7) is 3.82. The Bertz CT molecular complexity index is 351. The summed E-state index contributed by atoms with van der Waals surface area (Å²) < 4.78 is 2.10. The van der Waals surface area contributed by atoms with E-state index in [-0.39, 0.29) is 0 Å². The zero-order valence-corrected chi connectivity index (χ0v) is 8.75. The molecule has 2 heterocycles. The molecule has 4 heteroatoms. The molecule has 1 aromatic rings. The van der Waals surface area contributed by atoms with Crippen LogP contribution in [-0.4, -0.2) is 21.9 Å². The van der Waals surface area contributed by atoms with E-state index in [1.807, 2.05) is 20.2 Å². The molecule has 0 amide bonds. The molecule has 0 aromatic carbocycles. The molecule has 0 spiro atoms. The van der Waals surface area contributed by atoms with Crippen LogP contribution in [0.5, 0.6) is 0 Å². The third-order valence-corrected chi connectivity index (χ3v) is 2.66. The lowest BCUT2D eigenvalue weighted by Crippen LogP contribution is -2.22. The van der Waals surface area contributed by atoms with Gasteiger partial charge in [0.1, 0.15) is 5.82 Å². The maximum atomic E-state index is 4.36. The highest BCUT2D eigenvalue weighted by molar-refractivity contribution is 5.83. The number of nitrogens with one attached hydrogen (secondary N) is 1. The summed E-state index contributed by atoms with van der Waals surface area (Å²) in [5.41, 5.74) is 1.21. The van der Waals surface area contributed by atoms with E-state index in [1.54, 1.807) is 0 Å². The van der Waals surface area contributed by atoms with Crippen molar-refractivity contribution in [1.82, 2.24) is 14.9 Å². The number of aromatic nitrogens is 2. The fourth-order valence-electron chi connectivity index (χ4n) is 1.59. The molecule has 0 saturated heterocycles. The average molecular weight is 192 g/mol. The maximum Gasteiger partial charge on any atom is 0.105 e.